The van der Waals surface area contributed by atoms with Gasteiger partial charge in [0.25, 0.3) is 5.56 Å². The molecular formula is C16H15N3O. The molecule has 0 unspecified atom stereocenters. The van der Waals surface area contributed by atoms with Gasteiger partial charge in [0.2, 0.25) is 0 Å². The Bertz CT molecular complexity index is 816. The van der Waals surface area contributed by atoms with Gasteiger partial charge in [0.05, 0.1) is 11.2 Å². The highest BCUT2D eigenvalue weighted by Crippen LogP contribution is 2.24. The number of benzene rings is 1. The second kappa shape index (κ2) is 4.89. The van der Waals surface area contributed by atoms with Gasteiger partial charge in [0.1, 0.15) is 5.82 Å². The number of hydrogen-bond donors (Lipinski definition) is 1. The van der Waals surface area contributed by atoms with E-state index in [4.69, 9.17) is 0 Å². The summed E-state index contributed by atoms with van der Waals surface area (Å²) in [5.41, 5.74) is 2.35. The van der Waals surface area contributed by atoms with Gasteiger partial charge >= 0.3 is 0 Å². The molecule has 4 heteroatoms. The minimum atomic E-state index is -0.133. The van der Waals surface area contributed by atoms with Crippen molar-refractivity contribution in [1.82, 2.24) is 15.0 Å². The van der Waals surface area contributed by atoms with E-state index in [-0.39, 0.29) is 11.5 Å². The van der Waals surface area contributed by atoms with Gasteiger partial charge in [-0.3, -0.25) is 9.78 Å². The van der Waals surface area contributed by atoms with Crippen molar-refractivity contribution >= 4 is 10.9 Å². The number of pyridine rings is 1. The van der Waals surface area contributed by atoms with Crippen LogP contribution in [-0.2, 0) is 0 Å². The molecule has 1 aromatic carbocycles. The average Bonchev–Trinajstić information content (AvgIpc) is 2.46. The molecular weight excluding hydrogens is 250 g/mol. The number of aromatic amines is 1. The summed E-state index contributed by atoms with van der Waals surface area (Å²) in [4.78, 5) is 23.6. The molecule has 100 valence electrons. The van der Waals surface area contributed by atoms with Crippen molar-refractivity contribution in [1.29, 1.82) is 0 Å². The van der Waals surface area contributed by atoms with Gasteiger partial charge in [-0.25, -0.2) is 4.98 Å². The second-order valence-corrected chi connectivity index (χ2v) is 5.05. The zero-order valence-electron chi connectivity index (χ0n) is 11.4. The van der Waals surface area contributed by atoms with Crippen LogP contribution >= 0.6 is 0 Å². The van der Waals surface area contributed by atoms with Gasteiger partial charge in [-0.05, 0) is 18.1 Å². The zero-order chi connectivity index (χ0) is 14.1. The fourth-order valence-corrected chi connectivity index (χ4v) is 2.20. The van der Waals surface area contributed by atoms with E-state index < -0.39 is 0 Å². The molecule has 0 saturated carbocycles. The molecule has 2 heterocycles. The van der Waals surface area contributed by atoms with Gasteiger partial charge in [0, 0.05) is 23.2 Å². The third-order valence-electron chi connectivity index (χ3n) is 3.24. The van der Waals surface area contributed by atoms with Crippen molar-refractivity contribution in [3.63, 3.8) is 0 Å². The van der Waals surface area contributed by atoms with E-state index in [1.165, 1.54) is 0 Å². The zero-order valence-corrected chi connectivity index (χ0v) is 11.4. The summed E-state index contributed by atoms with van der Waals surface area (Å²) in [7, 11) is 0. The smallest absolute Gasteiger partial charge is 0.251 e. The fourth-order valence-electron chi connectivity index (χ4n) is 2.20. The maximum Gasteiger partial charge on any atom is 0.251 e. The minimum absolute atomic E-state index is 0.133. The molecule has 4 nitrogen and oxygen atoms in total. The lowest BCUT2D eigenvalue weighted by Gasteiger charge is -2.08. The largest absolute Gasteiger partial charge is 0.306 e. The molecule has 0 aliphatic rings. The van der Waals surface area contributed by atoms with Crippen LogP contribution < -0.4 is 5.56 Å². The Morgan fingerprint density at radius 1 is 1.15 bits per heavy atom. The molecule has 2 aromatic heterocycles. The number of nitrogens with zero attached hydrogens (tertiary/aromatic N) is 2. The first kappa shape index (κ1) is 12.5. The molecule has 0 spiro atoms. The van der Waals surface area contributed by atoms with Crippen LogP contribution in [0.15, 0.2) is 47.4 Å². The Balaban J connectivity index is 2.28. The van der Waals surface area contributed by atoms with Gasteiger partial charge in [-0.15, -0.1) is 0 Å². The number of rotatable bonds is 2. The van der Waals surface area contributed by atoms with E-state index in [1.807, 2.05) is 44.2 Å². The van der Waals surface area contributed by atoms with Crippen LogP contribution in [0, 0.1) is 0 Å². The van der Waals surface area contributed by atoms with Crippen LogP contribution in [0.2, 0.25) is 0 Å². The first-order valence-electron chi connectivity index (χ1n) is 6.60. The SMILES string of the molecule is CC(C)c1cc(=O)[nH]c(-c2cccc3cccnc23)n1. The molecule has 0 bridgehead atoms. The molecule has 20 heavy (non-hydrogen) atoms. The number of fused-ring (bicyclic) bond motifs is 1. The van der Waals surface area contributed by atoms with Crippen molar-refractivity contribution in [2.24, 2.45) is 0 Å². The van der Waals surface area contributed by atoms with Crippen molar-refractivity contribution in [3.8, 4) is 11.4 Å². The van der Waals surface area contributed by atoms with Crippen molar-refractivity contribution in [3.05, 3.63) is 58.6 Å². The third-order valence-corrected chi connectivity index (χ3v) is 3.24. The molecule has 0 atom stereocenters. The van der Waals surface area contributed by atoms with E-state index in [2.05, 4.69) is 15.0 Å². The highest BCUT2D eigenvalue weighted by Gasteiger charge is 2.10. The Morgan fingerprint density at radius 2 is 1.95 bits per heavy atom. The van der Waals surface area contributed by atoms with E-state index in [0.29, 0.717) is 5.82 Å². The molecule has 0 aliphatic carbocycles. The first-order chi connectivity index (χ1) is 9.65. The Labute approximate surface area is 116 Å². The lowest BCUT2D eigenvalue weighted by Crippen LogP contribution is -2.11. The predicted octanol–water partition coefficient (Wildman–Crippen LogP) is 3.11. The van der Waals surface area contributed by atoms with E-state index in [0.717, 1.165) is 22.2 Å². The standard InChI is InChI=1S/C16H15N3O/c1-10(2)13-9-14(20)19-16(18-13)12-7-3-5-11-6-4-8-17-15(11)12/h3-10H,1-2H3,(H,18,19,20). The number of nitrogens with one attached hydrogen (secondary N) is 1. The summed E-state index contributed by atoms with van der Waals surface area (Å²) in [6.07, 6.45) is 1.75. The normalized spacial score (nSPS) is 11.2. The van der Waals surface area contributed by atoms with Gasteiger partial charge < -0.3 is 4.98 Å². The van der Waals surface area contributed by atoms with Crippen LogP contribution in [0.3, 0.4) is 0 Å². The number of hydrogen-bond acceptors (Lipinski definition) is 3. The number of H-pyrrole nitrogens is 1. The molecule has 0 amide bonds. The third kappa shape index (κ3) is 2.20. The summed E-state index contributed by atoms with van der Waals surface area (Å²) in [5, 5.41) is 1.03. The highest BCUT2D eigenvalue weighted by atomic mass is 16.1. The molecule has 0 fully saturated rings. The fraction of sp³-hybridized carbons (Fsp3) is 0.188. The highest BCUT2D eigenvalue weighted by molar-refractivity contribution is 5.91. The molecule has 1 N–H and O–H groups in total. The minimum Gasteiger partial charge on any atom is -0.306 e. The molecule has 0 saturated heterocycles. The Morgan fingerprint density at radius 3 is 2.75 bits per heavy atom. The van der Waals surface area contributed by atoms with Gasteiger partial charge in [-0.1, -0.05) is 32.0 Å². The predicted molar refractivity (Wildman–Crippen MR) is 79.7 cm³/mol. The van der Waals surface area contributed by atoms with Gasteiger partial charge in [-0.2, -0.15) is 0 Å². The van der Waals surface area contributed by atoms with Gasteiger partial charge in [0.15, 0.2) is 0 Å². The van der Waals surface area contributed by atoms with Crippen LogP contribution in [0.5, 0.6) is 0 Å². The Hall–Kier alpha value is -2.49. The molecule has 3 rings (SSSR count). The van der Waals surface area contributed by atoms with Crippen LogP contribution in [0.1, 0.15) is 25.5 Å². The average molecular weight is 265 g/mol. The maximum absolute atomic E-state index is 11.8. The summed E-state index contributed by atoms with van der Waals surface area (Å²) in [6, 6.07) is 11.3. The van der Waals surface area contributed by atoms with Crippen molar-refractivity contribution in [2.75, 3.05) is 0 Å². The van der Waals surface area contributed by atoms with E-state index in [9.17, 15) is 4.79 Å². The lowest BCUT2D eigenvalue weighted by molar-refractivity contribution is 0.812. The summed E-state index contributed by atoms with van der Waals surface area (Å²) in [6.45, 7) is 4.04. The van der Waals surface area contributed by atoms with E-state index >= 15 is 0 Å². The van der Waals surface area contributed by atoms with Crippen molar-refractivity contribution in [2.45, 2.75) is 19.8 Å². The molecule has 0 radical (unpaired) electrons. The van der Waals surface area contributed by atoms with Crippen LogP contribution in [-0.4, -0.2) is 15.0 Å². The summed E-state index contributed by atoms with van der Waals surface area (Å²) >= 11 is 0. The lowest BCUT2D eigenvalue weighted by atomic mass is 10.1. The summed E-state index contributed by atoms with van der Waals surface area (Å²) in [5.74, 6) is 0.782. The molecule has 3 aromatic rings. The summed E-state index contributed by atoms with van der Waals surface area (Å²) < 4.78 is 0. The number of aromatic nitrogens is 3. The monoisotopic (exact) mass is 265 g/mol. The quantitative estimate of drug-likeness (QED) is 0.774. The van der Waals surface area contributed by atoms with Crippen LogP contribution in [0.4, 0.5) is 0 Å². The van der Waals surface area contributed by atoms with Crippen molar-refractivity contribution < 1.29 is 0 Å². The first-order valence-corrected chi connectivity index (χ1v) is 6.60. The topological polar surface area (TPSA) is 58.6 Å². The number of para-hydroxylation sites is 1. The molecule has 0 aliphatic heterocycles. The van der Waals surface area contributed by atoms with Crippen LogP contribution in [0.25, 0.3) is 22.3 Å². The second-order valence-electron chi connectivity index (χ2n) is 5.05. The Kier molecular flexibility index (Phi) is 3.06. The maximum atomic E-state index is 11.8. The van der Waals surface area contributed by atoms with E-state index in [1.54, 1.807) is 12.3 Å².